The standard InChI is InChI=1S/C15H16FN5O.C6H8N2/c16-12-2-1-3-13(21-18-4-5-19-21)14(12)15(22)20-8-10-6-17-7-11(10)9-20;1-5-3-6(2)8-4-7-5/h1-5,10-11,17H,6-9H2;3-4H,1-2H3/i;4+1,7+1,8+1. The highest BCUT2D eigenvalue weighted by molar-refractivity contribution is 5.98. The number of amides is 1. The molecule has 4 heterocycles. The van der Waals surface area contributed by atoms with Gasteiger partial charge in [0.05, 0.1) is 12.4 Å². The average molecular weight is 412 g/mol. The van der Waals surface area contributed by atoms with Gasteiger partial charge in [0.15, 0.2) is 0 Å². The van der Waals surface area contributed by atoms with E-state index in [2.05, 4.69) is 25.5 Å². The predicted octanol–water partition coefficient (Wildman–Crippen LogP) is 1.79. The second-order valence-electron chi connectivity index (χ2n) is 7.64. The van der Waals surface area contributed by atoms with E-state index in [-0.39, 0.29) is 11.5 Å². The van der Waals surface area contributed by atoms with E-state index in [0.29, 0.717) is 30.6 Å². The van der Waals surface area contributed by atoms with Crippen molar-refractivity contribution < 1.29 is 9.18 Å². The molecule has 0 bridgehead atoms. The average Bonchev–Trinajstić information content (AvgIpc) is 3.45. The highest BCUT2D eigenvalue weighted by Gasteiger charge is 2.39. The molecule has 30 heavy (non-hydrogen) atoms. The number of carbonyl (C=O) groups excluding carboxylic acids is 1. The Morgan fingerprint density at radius 1 is 1.07 bits per heavy atom. The lowest BCUT2D eigenvalue weighted by Crippen LogP contribution is -2.33. The van der Waals surface area contributed by atoms with Crippen molar-refractivity contribution in [2.24, 2.45) is 11.8 Å². The third-order valence-electron chi connectivity index (χ3n) is 5.46. The van der Waals surface area contributed by atoms with Gasteiger partial charge in [-0.25, -0.2) is 14.4 Å². The van der Waals surface area contributed by atoms with Crippen LogP contribution >= 0.6 is 0 Å². The van der Waals surface area contributed by atoms with Crippen LogP contribution in [0.25, 0.3) is 5.69 Å². The van der Waals surface area contributed by atoms with Gasteiger partial charge < -0.3 is 10.2 Å². The van der Waals surface area contributed by atoms with Gasteiger partial charge in [-0.15, -0.1) is 0 Å². The van der Waals surface area contributed by atoms with Crippen molar-refractivity contribution >= 4 is 5.91 Å². The number of carbonyl (C=O) groups is 1. The Labute approximate surface area is 174 Å². The fourth-order valence-electron chi connectivity index (χ4n) is 4.00. The van der Waals surface area contributed by atoms with Crippen molar-refractivity contribution in [3.05, 3.63) is 65.8 Å². The molecule has 2 aliphatic rings. The normalized spacial score (nSPS) is 19.9. The number of fused-ring (bicyclic) bond motifs is 1. The molecule has 1 N–H and O–H groups in total. The Balaban J connectivity index is 0.000000230. The molecule has 0 spiro atoms. The number of likely N-dealkylation sites (tertiary alicyclic amines) is 1. The van der Waals surface area contributed by atoms with Crippen LogP contribution in [0, 0.1) is 31.5 Å². The molecular formula is C21H24FN7O. The number of nitrogens with one attached hydrogen (secondary N) is 1. The summed E-state index contributed by atoms with van der Waals surface area (Å²) in [6.45, 7) is 7.12. The molecule has 0 radical (unpaired) electrons. The second kappa shape index (κ2) is 8.66. The largest absolute Gasteiger partial charge is 0.338 e. The minimum atomic E-state index is -0.532. The second-order valence-corrected chi connectivity index (χ2v) is 7.64. The number of nitrogens with zero attached hydrogens (tertiary/aromatic N) is 6. The van der Waals surface area contributed by atoms with Crippen molar-refractivity contribution in [3.8, 4) is 5.69 Å². The van der Waals surface area contributed by atoms with Crippen molar-refractivity contribution in [1.82, 2.24) is 35.2 Å². The number of aryl methyl sites for hydroxylation is 2. The van der Waals surface area contributed by atoms with Gasteiger partial charge in [0, 0.05) is 37.6 Å². The molecule has 9 heteroatoms. The summed E-state index contributed by atoms with van der Waals surface area (Å²) in [4.78, 5) is 23.7. The van der Waals surface area contributed by atoms with Gasteiger partial charge in [0.25, 0.3) is 5.91 Å². The van der Waals surface area contributed by atoms with Crippen LogP contribution in [0.4, 0.5) is 4.39 Å². The van der Waals surface area contributed by atoms with Crippen molar-refractivity contribution in [2.75, 3.05) is 26.2 Å². The van der Waals surface area contributed by atoms with Gasteiger partial charge in [0.1, 0.15) is 23.4 Å². The van der Waals surface area contributed by atoms with Crippen LogP contribution in [0.15, 0.2) is 43.0 Å². The van der Waals surface area contributed by atoms with Crippen LogP contribution in [-0.2, 0) is 0 Å². The van der Waals surface area contributed by atoms with Gasteiger partial charge in [-0.3, -0.25) is 4.79 Å². The van der Waals surface area contributed by atoms with E-state index >= 15 is 0 Å². The van der Waals surface area contributed by atoms with E-state index in [1.54, 1.807) is 23.4 Å². The van der Waals surface area contributed by atoms with Crippen LogP contribution in [0.5, 0.6) is 0 Å². The molecule has 5 rings (SSSR count). The number of rotatable bonds is 2. The smallest absolute Gasteiger partial charge is 0.259 e. The number of aromatic nitrogens is 5. The molecule has 0 saturated carbocycles. The molecule has 1 aromatic carbocycles. The van der Waals surface area contributed by atoms with E-state index in [4.69, 9.17) is 0 Å². The number of halogens is 1. The van der Waals surface area contributed by atoms with Gasteiger partial charge in [0.2, 0.25) is 0 Å². The van der Waals surface area contributed by atoms with Crippen LogP contribution in [0.2, 0.25) is 0 Å². The van der Waals surface area contributed by atoms with Crippen molar-refractivity contribution in [3.63, 3.8) is 0 Å². The summed E-state index contributed by atoms with van der Waals surface area (Å²) in [5, 5.41) is 11.4. The maximum absolute atomic E-state index is 14.3. The third kappa shape index (κ3) is 4.20. The number of benzene rings is 1. The molecule has 2 aromatic heterocycles. The molecule has 2 atom stereocenters. The zero-order chi connectivity index (χ0) is 21.1. The summed E-state index contributed by atoms with van der Waals surface area (Å²) in [6.07, 6.45) is 4.58. The zero-order valence-corrected chi connectivity index (χ0v) is 17.0. The minimum Gasteiger partial charge on any atom is -0.338 e. The monoisotopic (exact) mass is 412 g/mol. The van der Waals surface area contributed by atoms with Gasteiger partial charge in [-0.2, -0.15) is 15.0 Å². The fraction of sp³-hybridized carbons (Fsp3) is 0.381. The molecule has 2 aliphatic heterocycles. The lowest BCUT2D eigenvalue weighted by Gasteiger charge is -2.19. The van der Waals surface area contributed by atoms with Crippen LogP contribution in [-0.4, -0.2) is 61.9 Å². The van der Waals surface area contributed by atoms with Gasteiger partial charge >= 0.3 is 0 Å². The van der Waals surface area contributed by atoms with E-state index in [9.17, 15) is 9.18 Å². The molecule has 2 fully saturated rings. The van der Waals surface area contributed by atoms with E-state index in [1.165, 1.54) is 23.3 Å². The maximum atomic E-state index is 14.3. The van der Waals surface area contributed by atoms with Crippen LogP contribution in [0.1, 0.15) is 21.7 Å². The number of hydrogen-bond acceptors (Lipinski definition) is 6. The Morgan fingerprint density at radius 3 is 2.27 bits per heavy atom. The Morgan fingerprint density at radius 2 is 1.70 bits per heavy atom. The SMILES string of the molecule is Cc1cc(C)[15n][13cH][15n]1.O=C(c1c(F)cccc1-n1nccn1)N1CC2CNCC2C1. The topological polar surface area (TPSA) is 88.8 Å². The lowest BCUT2D eigenvalue weighted by molar-refractivity contribution is 0.0776. The zero-order valence-electron chi connectivity index (χ0n) is 17.0. The first-order valence-electron chi connectivity index (χ1n) is 9.93. The van der Waals surface area contributed by atoms with Crippen molar-refractivity contribution in [1.29, 1.82) is 0 Å². The van der Waals surface area contributed by atoms with E-state index in [0.717, 1.165) is 24.5 Å². The van der Waals surface area contributed by atoms with Crippen LogP contribution in [0.3, 0.4) is 0 Å². The molecule has 1 amide bonds. The first-order valence-corrected chi connectivity index (χ1v) is 9.93. The van der Waals surface area contributed by atoms with Gasteiger partial charge in [-0.1, -0.05) is 6.07 Å². The summed E-state index contributed by atoms with van der Waals surface area (Å²) >= 11 is 0. The summed E-state index contributed by atoms with van der Waals surface area (Å²) in [7, 11) is 0. The van der Waals surface area contributed by atoms with E-state index in [1.807, 2.05) is 19.9 Å². The summed E-state index contributed by atoms with van der Waals surface area (Å²) in [5.41, 5.74) is 2.48. The lowest BCUT2D eigenvalue weighted by atomic mass is 10.0. The molecule has 2 saturated heterocycles. The summed E-state index contributed by atoms with van der Waals surface area (Å²) in [6, 6.07) is 6.47. The molecule has 0 aliphatic carbocycles. The minimum absolute atomic E-state index is 0.0478. The third-order valence-corrected chi connectivity index (χ3v) is 5.46. The van der Waals surface area contributed by atoms with Gasteiger partial charge in [-0.05, 0) is 43.9 Å². The molecular weight excluding hydrogens is 388 g/mol. The molecule has 156 valence electrons. The summed E-state index contributed by atoms with van der Waals surface area (Å²) in [5.74, 6) is 0.138. The first-order chi connectivity index (χ1) is 14.5. The maximum Gasteiger partial charge on any atom is 0.259 e. The first kappa shape index (κ1) is 20.1. The number of hydrogen-bond donors (Lipinski definition) is 1. The quantitative estimate of drug-likeness (QED) is 0.690. The van der Waals surface area contributed by atoms with Crippen molar-refractivity contribution in [2.45, 2.75) is 13.8 Å². The summed E-state index contributed by atoms with van der Waals surface area (Å²) < 4.78 is 14.3. The Bertz CT molecular complexity index is 995. The highest BCUT2D eigenvalue weighted by atomic mass is 19.1. The molecule has 2 unspecified atom stereocenters. The fourth-order valence-corrected chi connectivity index (χ4v) is 4.00. The van der Waals surface area contributed by atoms with Crippen LogP contribution < -0.4 is 5.32 Å². The predicted molar refractivity (Wildman–Crippen MR) is 109 cm³/mol. The highest BCUT2D eigenvalue weighted by Crippen LogP contribution is 2.29. The Hall–Kier alpha value is -3.20. The van der Waals surface area contributed by atoms with E-state index < -0.39 is 5.82 Å². The molecule has 8 nitrogen and oxygen atoms in total. The molecule has 3 aromatic rings. The Kier molecular flexibility index (Phi) is 5.80.